The molecule has 0 saturated carbocycles. The maximum atomic E-state index is 4.93. The first-order chi connectivity index (χ1) is 12.3. The van der Waals surface area contributed by atoms with Crippen molar-refractivity contribution < 1.29 is 0 Å². The van der Waals surface area contributed by atoms with Crippen LogP contribution in [0.1, 0.15) is 0 Å². The quantitative estimate of drug-likeness (QED) is 0.314. The van der Waals surface area contributed by atoms with Crippen molar-refractivity contribution in [3.63, 3.8) is 0 Å². The van der Waals surface area contributed by atoms with Crippen LogP contribution in [0.2, 0.25) is 0 Å². The first kappa shape index (κ1) is 14.6. The van der Waals surface area contributed by atoms with E-state index in [2.05, 4.69) is 87.6 Å². The molecular formula is C22H13BrN2. The zero-order valence-electron chi connectivity index (χ0n) is 13.3. The van der Waals surface area contributed by atoms with E-state index in [-0.39, 0.29) is 0 Å². The molecule has 25 heavy (non-hydrogen) atoms. The fraction of sp³-hybridized carbons (Fsp3) is 0. The van der Waals surface area contributed by atoms with Gasteiger partial charge in [0.1, 0.15) is 0 Å². The van der Waals surface area contributed by atoms with Gasteiger partial charge in [0, 0.05) is 27.0 Å². The molecule has 0 spiro atoms. The Hall–Kier alpha value is -2.78. The van der Waals surface area contributed by atoms with Crippen LogP contribution in [0.4, 0.5) is 0 Å². The van der Waals surface area contributed by atoms with E-state index in [1.165, 1.54) is 10.8 Å². The van der Waals surface area contributed by atoms with Crippen molar-refractivity contribution in [1.82, 2.24) is 9.97 Å². The van der Waals surface area contributed by atoms with Gasteiger partial charge in [-0.15, -0.1) is 0 Å². The van der Waals surface area contributed by atoms with Gasteiger partial charge in [0.15, 0.2) is 0 Å². The second-order valence-electron chi connectivity index (χ2n) is 6.12. The van der Waals surface area contributed by atoms with Gasteiger partial charge < -0.3 is 0 Å². The SMILES string of the molecule is Brc1ccc2cc(-c3ccc4ccc5cccnc5c4n3)ccc2c1. The van der Waals surface area contributed by atoms with E-state index in [1.54, 1.807) is 0 Å². The molecule has 0 atom stereocenters. The van der Waals surface area contributed by atoms with Crippen LogP contribution < -0.4 is 0 Å². The molecule has 0 saturated heterocycles. The van der Waals surface area contributed by atoms with Crippen molar-refractivity contribution in [1.29, 1.82) is 0 Å². The fourth-order valence-electron chi connectivity index (χ4n) is 3.26. The minimum Gasteiger partial charge on any atom is -0.254 e. The normalized spacial score (nSPS) is 11.4. The fourth-order valence-corrected chi connectivity index (χ4v) is 3.64. The van der Waals surface area contributed by atoms with Crippen LogP contribution in [0.15, 0.2) is 83.5 Å². The van der Waals surface area contributed by atoms with Gasteiger partial charge >= 0.3 is 0 Å². The Morgan fingerprint density at radius 1 is 0.640 bits per heavy atom. The summed E-state index contributed by atoms with van der Waals surface area (Å²) >= 11 is 3.53. The van der Waals surface area contributed by atoms with Crippen molar-refractivity contribution in [2.75, 3.05) is 0 Å². The average molecular weight is 385 g/mol. The van der Waals surface area contributed by atoms with Crippen molar-refractivity contribution in [2.45, 2.75) is 0 Å². The van der Waals surface area contributed by atoms with Crippen LogP contribution >= 0.6 is 15.9 Å². The second kappa shape index (κ2) is 5.64. The predicted octanol–water partition coefficient (Wildman–Crippen LogP) is 6.37. The zero-order chi connectivity index (χ0) is 16.8. The molecule has 5 rings (SSSR count). The van der Waals surface area contributed by atoms with E-state index < -0.39 is 0 Å². The van der Waals surface area contributed by atoms with Crippen molar-refractivity contribution in [3.05, 3.63) is 83.5 Å². The van der Waals surface area contributed by atoms with Crippen molar-refractivity contribution in [3.8, 4) is 11.3 Å². The third-order valence-electron chi connectivity index (χ3n) is 4.53. The summed E-state index contributed by atoms with van der Waals surface area (Å²) in [5, 5.41) is 4.65. The topological polar surface area (TPSA) is 25.8 Å². The summed E-state index contributed by atoms with van der Waals surface area (Å²) in [6.07, 6.45) is 1.82. The minimum absolute atomic E-state index is 0.950. The van der Waals surface area contributed by atoms with Crippen molar-refractivity contribution >= 4 is 48.5 Å². The third kappa shape index (κ3) is 2.48. The standard InChI is InChI=1S/C22H13BrN2/c23-19-9-7-16-12-18(6-5-17(16)13-19)20-10-8-15-4-3-14-2-1-11-24-21(14)22(15)25-20/h1-13H. The summed E-state index contributed by atoms with van der Waals surface area (Å²) in [4.78, 5) is 9.46. The number of fused-ring (bicyclic) bond motifs is 4. The molecule has 0 aliphatic rings. The van der Waals surface area contributed by atoms with E-state index in [1.807, 2.05) is 12.3 Å². The third-order valence-corrected chi connectivity index (χ3v) is 5.02. The van der Waals surface area contributed by atoms with E-state index in [9.17, 15) is 0 Å². The minimum atomic E-state index is 0.950. The zero-order valence-corrected chi connectivity index (χ0v) is 14.9. The summed E-state index contributed by atoms with van der Waals surface area (Å²) in [7, 11) is 0. The van der Waals surface area contributed by atoms with E-state index >= 15 is 0 Å². The van der Waals surface area contributed by atoms with Crippen molar-refractivity contribution in [2.24, 2.45) is 0 Å². The van der Waals surface area contributed by atoms with Crippen LogP contribution in [-0.2, 0) is 0 Å². The Bertz CT molecular complexity index is 1260. The van der Waals surface area contributed by atoms with Gasteiger partial charge in [-0.1, -0.05) is 58.4 Å². The van der Waals surface area contributed by atoms with Gasteiger partial charge in [-0.25, -0.2) is 4.98 Å². The summed E-state index contributed by atoms with van der Waals surface area (Å²) < 4.78 is 1.09. The lowest BCUT2D eigenvalue weighted by atomic mass is 10.0. The van der Waals surface area contributed by atoms with Gasteiger partial charge in [-0.3, -0.25) is 4.98 Å². The van der Waals surface area contributed by atoms with Crippen LogP contribution in [0.25, 0.3) is 43.8 Å². The van der Waals surface area contributed by atoms with Gasteiger partial charge in [0.05, 0.1) is 16.7 Å². The number of hydrogen-bond donors (Lipinski definition) is 0. The molecule has 0 bridgehead atoms. The Morgan fingerprint density at radius 3 is 2.28 bits per heavy atom. The molecule has 3 aromatic carbocycles. The molecular weight excluding hydrogens is 372 g/mol. The molecule has 5 aromatic rings. The first-order valence-corrected chi connectivity index (χ1v) is 8.91. The van der Waals surface area contributed by atoms with Crippen LogP contribution in [0.5, 0.6) is 0 Å². The molecule has 0 unspecified atom stereocenters. The summed E-state index contributed by atoms with van der Waals surface area (Å²) in [6.45, 7) is 0. The van der Waals surface area contributed by atoms with Crippen LogP contribution in [0.3, 0.4) is 0 Å². The molecule has 0 amide bonds. The van der Waals surface area contributed by atoms with Crippen LogP contribution in [0, 0.1) is 0 Å². The van der Waals surface area contributed by atoms with Gasteiger partial charge in [-0.05, 0) is 41.1 Å². The Balaban J connectivity index is 1.74. The molecule has 0 radical (unpaired) electrons. The highest BCUT2D eigenvalue weighted by Gasteiger charge is 2.07. The van der Waals surface area contributed by atoms with E-state index in [0.717, 1.165) is 37.5 Å². The first-order valence-electron chi connectivity index (χ1n) is 8.12. The number of halogens is 1. The molecule has 3 heteroatoms. The smallest absolute Gasteiger partial charge is 0.0972 e. The molecule has 0 N–H and O–H groups in total. The molecule has 0 fully saturated rings. The van der Waals surface area contributed by atoms with E-state index in [0.29, 0.717) is 0 Å². The molecule has 2 nitrogen and oxygen atoms in total. The summed E-state index contributed by atoms with van der Waals surface area (Å²) in [6, 6.07) is 25.2. The second-order valence-corrected chi connectivity index (χ2v) is 7.03. The predicted molar refractivity (Wildman–Crippen MR) is 108 cm³/mol. The molecule has 2 aromatic heterocycles. The van der Waals surface area contributed by atoms with Crippen LogP contribution in [-0.4, -0.2) is 9.97 Å². The lowest BCUT2D eigenvalue weighted by Crippen LogP contribution is -1.88. The Labute approximate surface area is 153 Å². The molecule has 118 valence electrons. The number of nitrogens with zero attached hydrogens (tertiary/aromatic N) is 2. The Morgan fingerprint density at radius 2 is 1.36 bits per heavy atom. The average Bonchev–Trinajstić information content (AvgIpc) is 2.67. The Kier molecular flexibility index (Phi) is 3.28. The van der Waals surface area contributed by atoms with Gasteiger partial charge in [-0.2, -0.15) is 0 Å². The maximum Gasteiger partial charge on any atom is 0.0972 e. The molecule has 2 heterocycles. The number of benzene rings is 3. The highest BCUT2D eigenvalue weighted by molar-refractivity contribution is 9.10. The van der Waals surface area contributed by atoms with Gasteiger partial charge in [0.2, 0.25) is 0 Å². The number of rotatable bonds is 1. The molecule has 0 aliphatic heterocycles. The number of aromatic nitrogens is 2. The summed E-state index contributed by atoms with van der Waals surface area (Å²) in [5.41, 5.74) is 3.98. The maximum absolute atomic E-state index is 4.93. The lowest BCUT2D eigenvalue weighted by molar-refractivity contribution is 1.37. The lowest BCUT2D eigenvalue weighted by Gasteiger charge is -2.07. The monoisotopic (exact) mass is 384 g/mol. The van der Waals surface area contributed by atoms with E-state index in [4.69, 9.17) is 4.98 Å². The van der Waals surface area contributed by atoms with Gasteiger partial charge in [0.25, 0.3) is 0 Å². The highest BCUT2D eigenvalue weighted by atomic mass is 79.9. The number of pyridine rings is 2. The summed E-state index contributed by atoms with van der Waals surface area (Å²) in [5.74, 6) is 0. The highest BCUT2D eigenvalue weighted by Crippen LogP contribution is 2.28. The number of hydrogen-bond acceptors (Lipinski definition) is 2. The molecule has 0 aliphatic carbocycles. The largest absolute Gasteiger partial charge is 0.254 e.